The van der Waals surface area contributed by atoms with E-state index in [4.69, 9.17) is 19.1 Å². The number of carbonyl (C=O) groups excluding carboxylic acids is 2. The molecule has 10 nitrogen and oxygen atoms in total. The summed E-state index contributed by atoms with van der Waals surface area (Å²) in [6, 6.07) is 0. The van der Waals surface area contributed by atoms with Gasteiger partial charge in [0.25, 0.3) is 0 Å². The monoisotopic (exact) mass is 773 g/mol. The number of aliphatic hydroxyl groups is 2. The van der Waals surface area contributed by atoms with Gasteiger partial charge in [-0.15, -0.1) is 0 Å². The van der Waals surface area contributed by atoms with Crippen LogP contribution in [0.25, 0.3) is 0 Å². The molecule has 53 heavy (non-hydrogen) atoms. The summed E-state index contributed by atoms with van der Waals surface area (Å²) in [6.07, 6.45) is 38.2. The number of esters is 2. The van der Waals surface area contributed by atoms with Crippen LogP contribution >= 0.6 is 7.82 Å². The molecule has 0 aromatic rings. The Morgan fingerprint density at radius 1 is 0.566 bits per heavy atom. The van der Waals surface area contributed by atoms with Crippen LogP contribution in [0.15, 0.2) is 36.5 Å². The van der Waals surface area contributed by atoms with Gasteiger partial charge in [-0.3, -0.25) is 18.6 Å². The Labute approximate surface area is 322 Å². The molecule has 3 atom stereocenters. The van der Waals surface area contributed by atoms with Gasteiger partial charge in [-0.05, 0) is 64.2 Å². The predicted molar refractivity (Wildman–Crippen MR) is 214 cm³/mol. The van der Waals surface area contributed by atoms with Gasteiger partial charge in [0.15, 0.2) is 6.10 Å². The molecule has 0 aliphatic carbocycles. The summed E-state index contributed by atoms with van der Waals surface area (Å²) in [5.74, 6) is -0.952. The molecule has 0 spiro atoms. The normalized spacial score (nSPS) is 14.3. The van der Waals surface area contributed by atoms with Gasteiger partial charge in [-0.1, -0.05) is 140 Å². The Morgan fingerprint density at radius 2 is 0.981 bits per heavy atom. The van der Waals surface area contributed by atoms with E-state index in [2.05, 4.69) is 54.8 Å². The van der Waals surface area contributed by atoms with Gasteiger partial charge in [0.2, 0.25) is 0 Å². The summed E-state index contributed by atoms with van der Waals surface area (Å²) in [4.78, 5) is 34.9. The van der Waals surface area contributed by atoms with Crippen molar-refractivity contribution in [3.63, 3.8) is 0 Å². The molecule has 0 rings (SSSR count). The average molecular weight is 773 g/mol. The van der Waals surface area contributed by atoms with E-state index < -0.39 is 51.8 Å². The van der Waals surface area contributed by atoms with E-state index in [1.165, 1.54) is 70.6 Å². The number of phosphoric acid groups is 1. The zero-order valence-electron chi connectivity index (χ0n) is 33.5. The number of allylic oxidation sites excluding steroid dienone is 6. The van der Waals surface area contributed by atoms with Crippen LogP contribution in [0.2, 0.25) is 0 Å². The number of phosphoric ester groups is 1. The highest BCUT2D eigenvalue weighted by Gasteiger charge is 2.27. The lowest BCUT2D eigenvalue weighted by molar-refractivity contribution is -0.161. The largest absolute Gasteiger partial charge is 0.472 e. The molecule has 0 aliphatic heterocycles. The molecule has 0 bridgehead atoms. The first-order valence-corrected chi connectivity index (χ1v) is 22.5. The summed E-state index contributed by atoms with van der Waals surface area (Å²) in [6.45, 7) is 2.32. The van der Waals surface area contributed by atoms with Crippen molar-refractivity contribution >= 4 is 19.8 Å². The van der Waals surface area contributed by atoms with Crippen LogP contribution in [-0.2, 0) is 32.7 Å². The van der Waals surface area contributed by atoms with Crippen LogP contribution in [0.3, 0.4) is 0 Å². The van der Waals surface area contributed by atoms with E-state index in [1.54, 1.807) is 0 Å². The first-order chi connectivity index (χ1) is 25.7. The third-order valence-corrected chi connectivity index (χ3v) is 9.75. The number of ether oxygens (including phenoxy) is 2. The predicted octanol–water partition coefficient (Wildman–Crippen LogP) is 10.8. The van der Waals surface area contributed by atoms with Crippen LogP contribution in [0.4, 0.5) is 0 Å². The number of unbranched alkanes of at least 4 members (excludes halogenated alkanes) is 20. The third-order valence-electron chi connectivity index (χ3n) is 8.79. The highest BCUT2D eigenvalue weighted by molar-refractivity contribution is 7.47. The van der Waals surface area contributed by atoms with Crippen molar-refractivity contribution in [2.75, 3.05) is 26.4 Å². The summed E-state index contributed by atoms with van der Waals surface area (Å²) >= 11 is 0. The van der Waals surface area contributed by atoms with Crippen molar-refractivity contribution in [1.29, 1.82) is 0 Å². The minimum absolute atomic E-state index is 0.165. The topological polar surface area (TPSA) is 149 Å². The van der Waals surface area contributed by atoms with Gasteiger partial charge in [0.1, 0.15) is 12.7 Å². The number of hydrogen-bond acceptors (Lipinski definition) is 9. The third kappa shape index (κ3) is 38.3. The Hall–Kier alpha value is -1.81. The number of aliphatic hydroxyl groups excluding tert-OH is 2. The van der Waals surface area contributed by atoms with Gasteiger partial charge in [-0.25, -0.2) is 4.57 Å². The second-order valence-corrected chi connectivity index (χ2v) is 15.5. The van der Waals surface area contributed by atoms with Gasteiger partial charge in [-0.2, -0.15) is 0 Å². The zero-order chi connectivity index (χ0) is 39.1. The van der Waals surface area contributed by atoms with Crippen LogP contribution in [0.5, 0.6) is 0 Å². The second-order valence-electron chi connectivity index (χ2n) is 14.0. The van der Waals surface area contributed by atoms with E-state index in [9.17, 15) is 24.2 Å². The first-order valence-electron chi connectivity index (χ1n) is 21.0. The highest BCUT2D eigenvalue weighted by Crippen LogP contribution is 2.43. The van der Waals surface area contributed by atoms with Crippen molar-refractivity contribution in [2.24, 2.45) is 0 Å². The molecular formula is C42H77O10P. The molecule has 310 valence electrons. The SMILES string of the molecule is CCCCCC/C=C/C=C/CCCCCCCC(=O)O[C@H](COC(=O)CCCCCCC/C=C/CCCCCCCC)COP(=O)(O)OC[C@@H](O)CO. The Morgan fingerprint density at radius 3 is 1.49 bits per heavy atom. The molecule has 1 unspecified atom stereocenters. The molecule has 0 aliphatic rings. The van der Waals surface area contributed by atoms with Gasteiger partial charge >= 0.3 is 19.8 Å². The maximum atomic E-state index is 12.6. The quantitative estimate of drug-likeness (QED) is 0.0181. The Kier molecular flexibility index (Phi) is 37.2. The molecule has 0 aromatic carbocycles. The first kappa shape index (κ1) is 51.2. The molecule has 0 amide bonds. The maximum Gasteiger partial charge on any atom is 0.472 e. The van der Waals surface area contributed by atoms with Crippen LogP contribution in [0, 0.1) is 0 Å². The molecule has 0 radical (unpaired) electrons. The molecule has 0 aromatic heterocycles. The summed E-state index contributed by atoms with van der Waals surface area (Å²) in [7, 11) is -4.62. The molecule has 0 heterocycles. The fraction of sp³-hybridized carbons (Fsp3) is 0.810. The van der Waals surface area contributed by atoms with Crippen molar-refractivity contribution in [1.82, 2.24) is 0 Å². The number of hydrogen-bond donors (Lipinski definition) is 3. The lowest BCUT2D eigenvalue weighted by atomic mass is 10.1. The van der Waals surface area contributed by atoms with Crippen molar-refractivity contribution < 1.29 is 47.8 Å². The van der Waals surface area contributed by atoms with Crippen molar-refractivity contribution in [3.05, 3.63) is 36.5 Å². The maximum absolute atomic E-state index is 12.6. The van der Waals surface area contributed by atoms with Crippen LogP contribution < -0.4 is 0 Å². The smallest absolute Gasteiger partial charge is 0.462 e. The fourth-order valence-corrected chi connectivity index (χ4v) is 6.30. The van der Waals surface area contributed by atoms with Gasteiger partial charge in [0, 0.05) is 12.8 Å². The standard InChI is InChI=1S/C42H77O10P/c1-3-5-7-9-11-13-15-17-19-21-23-25-27-29-31-33-41(45)49-37-40(38-51-53(47,48)50-36-39(44)35-43)52-42(46)34-32-30-28-26-24-22-20-18-16-14-12-10-8-6-4-2/h14,16-20,39-40,43-44H,3-13,15,21-38H2,1-2H3,(H,47,48)/b16-14+,19-17+,20-18+/t39-,40+/m0/s1. The lowest BCUT2D eigenvalue weighted by Crippen LogP contribution is -2.29. The van der Waals surface area contributed by atoms with Gasteiger partial charge < -0.3 is 24.6 Å². The molecule has 3 N–H and O–H groups in total. The van der Waals surface area contributed by atoms with Crippen LogP contribution in [-0.4, -0.2) is 65.7 Å². The summed E-state index contributed by atoms with van der Waals surface area (Å²) in [5.41, 5.74) is 0. The van der Waals surface area contributed by atoms with Gasteiger partial charge in [0.05, 0.1) is 19.8 Å². The lowest BCUT2D eigenvalue weighted by Gasteiger charge is -2.20. The Bertz CT molecular complexity index is 983. The van der Waals surface area contributed by atoms with Crippen molar-refractivity contribution in [3.8, 4) is 0 Å². The molecule has 0 saturated heterocycles. The van der Waals surface area contributed by atoms with E-state index in [0.29, 0.717) is 12.8 Å². The van der Waals surface area contributed by atoms with E-state index in [0.717, 1.165) is 70.6 Å². The minimum Gasteiger partial charge on any atom is -0.462 e. The second kappa shape index (κ2) is 38.5. The number of rotatable bonds is 39. The average Bonchev–Trinajstić information content (AvgIpc) is 3.14. The Balaban J connectivity index is 4.36. The summed E-state index contributed by atoms with van der Waals surface area (Å²) < 4.78 is 32.6. The van der Waals surface area contributed by atoms with E-state index in [-0.39, 0.29) is 19.4 Å². The zero-order valence-corrected chi connectivity index (χ0v) is 34.4. The molecular weight excluding hydrogens is 695 g/mol. The van der Waals surface area contributed by atoms with E-state index in [1.807, 2.05) is 0 Å². The highest BCUT2D eigenvalue weighted by atomic mass is 31.2. The van der Waals surface area contributed by atoms with Crippen molar-refractivity contribution in [2.45, 2.75) is 193 Å². The molecule has 0 fully saturated rings. The van der Waals surface area contributed by atoms with Crippen LogP contribution in [0.1, 0.15) is 181 Å². The number of carbonyl (C=O) groups is 2. The minimum atomic E-state index is -4.62. The summed E-state index contributed by atoms with van der Waals surface area (Å²) in [5, 5.41) is 18.3. The van der Waals surface area contributed by atoms with E-state index >= 15 is 0 Å². The molecule has 11 heteroatoms. The molecule has 0 saturated carbocycles. The fourth-order valence-electron chi connectivity index (χ4n) is 5.51.